The van der Waals surface area contributed by atoms with E-state index in [1.165, 1.54) is 44.2 Å². The lowest BCUT2D eigenvalue weighted by Gasteiger charge is -2.02. The zero-order valence-electron chi connectivity index (χ0n) is 12.1. The summed E-state index contributed by atoms with van der Waals surface area (Å²) in [5, 5.41) is 3.41. The first kappa shape index (κ1) is 15.2. The molecule has 1 heterocycles. The molecule has 18 heavy (non-hydrogen) atoms. The normalized spacial score (nSPS) is 11.0. The number of aryl methyl sites for hydroxylation is 1. The first-order valence-electron chi connectivity index (χ1n) is 7.58. The van der Waals surface area contributed by atoms with Crippen LogP contribution in [0, 0.1) is 0 Å². The summed E-state index contributed by atoms with van der Waals surface area (Å²) >= 11 is 0. The van der Waals surface area contributed by atoms with Crippen LogP contribution in [-0.2, 0) is 13.0 Å². The van der Waals surface area contributed by atoms with Crippen LogP contribution in [-0.4, -0.2) is 22.6 Å². The molecule has 0 atom stereocenters. The van der Waals surface area contributed by atoms with Gasteiger partial charge in [0.2, 0.25) is 0 Å². The van der Waals surface area contributed by atoms with Crippen molar-refractivity contribution >= 4 is 0 Å². The first-order valence-corrected chi connectivity index (χ1v) is 7.58. The molecule has 104 valence electrons. The Balaban J connectivity index is 2.10. The highest BCUT2D eigenvalue weighted by atomic mass is 15.0. The smallest absolute Gasteiger partial charge is 0.0949 e. The molecule has 0 fully saturated rings. The molecule has 0 bridgehead atoms. The predicted octanol–water partition coefficient (Wildman–Crippen LogP) is 3.40. The minimum Gasteiger partial charge on any atom is -0.337 e. The van der Waals surface area contributed by atoms with Gasteiger partial charge in [0.15, 0.2) is 0 Å². The number of rotatable bonds is 11. The van der Waals surface area contributed by atoms with Crippen molar-refractivity contribution in [1.29, 1.82) is 0 Å². The van der Waals surface area contributed by atoms with E-state index in [-0.39, 0.29) is 0 Å². The number of unbranched alkanes of at least 4 members (excludes halogenated alkanes) is 4. The van der Waals surface area contributed by atoms with E-state index in [1.807, 2.05) is 6.33 Å². The number of aromatic nitrogens is 2. The van der Waals surface area contributed by atoms with Crippen LogP contribution >= 0.6 is 0 Å². The van der Waals surface area contributed by atoms with Crippen LogP contribution in [0.5, 0.6) is 0 Å². The maximum atomic E-state index is 4.45. The Labute approximate surface area is 112 Å². The van der Waals surface area contributed by atoms with Crippen molar-refractivity contribution in [3.8, 4) is 0 Å². The van der Waals surface area contributed by atoms with E-state index in [0.29, 0.717) is 0 Å². The van der Waals surface area contributed by atoms with Gasteiger partial charge in [0.1, 0.15) is 0 Å². The quantitative estimate of drug-likeness (QED) is 0.611. The average molecular weight is 251 g/mol. The van der Waals surface area contributed by atoms with Gasteiger partial charge in [-0.15, -0.1) is 0 Å². The van der Waals surface area contributed by atoms with E-state index in [2.05, 4.69) is 34.9 Å². The molecule has 0 aliphatic carbocycles. The van der Waals surface area contributed by atoms with Crippen molar-refractivity contribution in [2.24, 2.45) is 0 Å². The van der Waals surface area contributed by atoms with Crippen LogP contribution in [0.4, 0.5) is 0 Å². The second-order valence-electron chi connectivity index (χ2n) is 5.02. The monoisotopic (exact) mass is 251 g/mol. The van der Waals surface area contributed by atoms with Crippen LogP contribution in [0.3, 0.4) is 0 Å². The van der Waals surface area contributed by atoms with Crippen LogP contribution < -0.4 is 5.32 Å². The van der Waals surface area contributed by atoms with Gasteiger partial charge in [-0.3, -0.25) is 0 Å². The van der Waals surface area contributed by atoms with E-state index in [9.17, 15) is 0 Å². The molecule has 0 amide bonds. The SMILES string of the molecule is CCCCCCCn1cnc(CCNCCC)c1. The van der Waals surface area contributed by atoms with E-state index >= 15 is 0 Å². The van der Waals surface area contributed by atoms with Gasteiger partial charge in [-0.2, -0.15) is 0 Å². The lowest BCUT2D eigenvalue weighted by atomic mass is 10.1. The minimum atomic E-state index is 1.04. The summed E-state index contributed by atoms with van der Waals surface area (Å²) in [7, 11) is 0. The molecule has 0 aromatic carbocycles. The third-order valence-electron chi connectivity index (χ3n) is 3.19. The van der Waals surface area contributed by atoms with Crippen LogP contribution in [0.25, 0.3) is 0 Å². The highest BCUT2D eigenvalue weighted by molar-refractivity contribution is 4.97. The number of hydrogen-bond donors (Lipinski definition) is 1. The molecular weight excluding hydrogens is 222 g/mol. The summed E-state index contributed by atoms with van der Waals surface area (Å²) in [5.74, 6) is 0. The molecule has 1 aromatic heterocycles. The lowest BCUT2D eigenvalue weighted by molar-refractivity contribution is 0.567. The standard InChI is InChI=1S/C15H29N3/c1-3-5-6-7-8-12-18-13-15(17-14-18)9-11-16-10-4-2/h13-14,16H,3-12H2,1-2H3. The summed E-state index contributed by atoms with van der Waals surface area (Å²) in [6.45, 7) is 7.73. The van der Waals surface area contributed by atoms with E-state index in [1.54, 1.807) is 0 Å². The molecule has 1 N–H and O–H groups in total. The van der Waals surface area contributed by atoms with Gasteiger partial charge in [0.25, 0.3) is 0 Å². The van der Waals surface area contributed by atoms with Crippen molar-refractivity contribution in [1.82, 2.24) is 14.9 Å². The van der Waals surface area contributed by atoms with Crippen molar-refractivity contribution in [2.75, 3.05) is 13.1 Å². The molecule has 0 spiro atoms. The third kappa shape index (κ3) is 6.80. The Hall–Kier alpha value is -0.830. The van der Waals surface area contributed by atoms with E-state index in [4.69, 9.17) is 0 Å². The number of hydrogen-bond acceptors (Lipinski definition) is 2. The van der Waals surface area contributed by atoms with Crippen LogP contribution in [0.1, 0.15) is 58.1 Å². The van der Waals surface area contributed by atoms with Gasteiger partial charge >= 0.3 is 0 Å². The van der Waals surface area contributed by atoms with E-state index in [0.717, 1.165) is 26.1 Å². The Kier molecular flexibility index (Phi) is 8.57. The molecule has 0 radical (unpaired) electrons. The van der Waals surface area contributed by atoms with Gasteiger partial charge in [0.05, 0.1) is 12.0 Å². The van der Waals surface area contributed by atoms with Gasteiger partial charge in [-0.1, -0.05) is 39.5 Å². The molecule has 3 nitrogen and oxygen atoms in total. The molecule has 1 aromatic rings. The van der Waals surface area contributed by atoms with Crippen molar-refractivity contribution in [2.45, 2.75) is 65.3 Å². The molecule has 0 aliphatic rings. The highest BCUT2D eigenvalue weighted by Crippen LogP contribution is 2.05. The third-order valence-corrected chi connectivity index (χ3v) is 3.19. The molecule has 3 heteroatoms. The number of nitrogens with zero attached hydrogens (tertiary/aromatic N) is 2. The maximum absolute atomic E-state index is 4.45. The molecule has 1 rings (SSSR count). The highest BCUT2D eigenvalue weighted by Gasteiger charge is 1.98. The fourth-order valence-electron chi connectivity index (χ4n) is 2.07. The molecule has 0 saturated carbocycles. The largest absolute Gasteiger partial charge is 0.337 e. The maximum Gasteiger partial charge on any atom is 0.0949 e. The van der Waals surface area contributed by atoms with Gasteiger partial charge in [-0.05, 0) is 19.4 Å². The van der Waals surface area contributed by atoms with E-state index < -0.39 is 0 Å². The minimum absolute atomic E-state index is 1.04. The Morgan fingerprint density at radius 1 is 1.06 bits per heavy atom. The number of imidazole rings is 1. The first-order chi connectivity index (χ1) is 8.86. The van der Waals surface area contributed by atoms with Crippen LogP contribution in [0.15, 0.2) is 12.5 Å². The summed E-state index contributed by atoms with van der Waals surface area (Å²) in [6, 6.07) is 0. The summed E-state index contributed by atoms with van der Waals surface area (Å²) in [4.78, 5) is 4.45. The van der Waals surface area contributed by atoms with Crippen molar-refractivity contribution in [3.05, 3.63) is 18.2 Å². The zero-order chi connectivity index (χ0) is 13.1. The summed E-state index contributed by atoms with van der Waals surface area (Å²) in [6.07, 6.45) is 13.1. The lowest BCUT2D eigenvalue weighted by Crippen LogP contribution is -2.17. The van der Waals surface area contributed by atoms with Crippen molar-refractivity contribution < 1.29 is 0 Å². The van der Waals surface area contributed by atoms with Gasteiger partial charge < -0.3 is 9.88 Å². The Morgan fingerprint density at radius 3 is 2.67 bits per heavy atom. The summed E-state index contributed by atoms with van der Waals surface area (Å²) < 4.78 is 2.24. The summed E-state index contributed by atoms with van der Waals surface area (Å²) in [5.41, 5.74) is 1.21. The fourth-order valence-corrected chi connectivity index (χ4v) is 2.07. The second-order valence-corrected chi connectivity index (χ2v) is 5.02. The average Bonchev–Trinajstić information content (AvgIpc) is 2.82. The Morgan fingerprint density at radius 2 is 1.89 bits per heavy atom. The second kappa shape index (κ2) is 10.1. The molecule has 0 aliphatic heterocycles. The molecular formula is C15H29N3. The molecule has 0 saturated heterocycles. The van der Waals surface area contributed by atoms with Gasteiger partial charge in [0, 0.05) is 25.7 Å². The van der Waals surface area contributed by atoms with Gasteiger partial charge in [-0.25, -0.2) is 4.98 Å². The molecule has 0 unspecified atom stereocenters. The topological polar surface area (TPSA) is 29.9 Å². The Bertz CT molecular complexity index is 294. The predicted molar refractivity (Wildman–Crippen MR) is 77.9 cm³/mol. The van der Waals surface area contributed by atoms with Crippen molar-refractivity contribution in [3.63, 3.8) is 0 Å². The number of nitrogens with one attached hydrogen (secondary N) is 1. The fraction of sp³-hybridized carbons (Fsp3) is 0.800. The zero-order valence-corrected chi connectivity index (χ0v) is 12.1. The van der Waals surface area contributed by atoms with Crippen LogP contribution in [0.2, 0.25) is 0 Å².